The Morgan fingerprint density at radius 3 is 2.70 bits per heavy atom. The Morgan fingerprint density at radius 1 is 1.45 bits per heavy atom. The van der Waals surface area contributed by atoms with Gasteiger partial charge in [0, 0.05) is 13.6 Å². The molecular weight excluding hydrogens is 307 g/mol. The summed E-state index contributed by atoms with van der Waals surface area (Å²) < 4.78 is 5.69. The molecule has 1 aliphatic heterocycles. The van der Waals surface area contributed by atoms with Crippen LogP contribution < -0.4 is 4.90 Å². The van der Waals surface area contributed by atoms with E-state index in [1.165, 1.54) is 0 Å². The molecule has 9 heteroatoms. The van der Waals surface area contributed by atoms with Crippen LogP contribution in [0.2, 0.25) is 10.4 Å². The van der Waals surface area contributed by atoms with Crippen LogP contribution in [0.4, 0.5) is 11.5 Å². The second-order valence-electron chi connectivity index (χ2n) is 4.74. The SMILES string of the molecule is CC1CCC(CN(C)c2nc(Cl)nc(Cl)c2[N+](=O)[O-])O1. The Kier molecular flexibility index (Phi) is 4.62. The number of rotatable bonds is 4. The van der Waals surface area contributed by atoms with Crippen LogP contribution in [0.5, 0.6) is 0 Å². The molecule has 2 atom stereocenters. The number of halogens is 2. The fourth-order valence-corrected chi connectivity index (χ4v) is 2.67. The van der Waals surface area contributed by atoms with Crippen LogP contribution in [0.3, 0.4) is 0 Å². The molecule has 2 rings (SSSR count). The Morgan fingerprint density at radius 2 is 2.15 bits per heavy atom. The fraction of sp³-hybridized carbons (Fsp3) is 0.636. The first-order valence-corrected chi connectivity index (χ1v) is 6.88. The highest BCUT2D eigenvalue weighted by molar-refractivity contribution is 6.33. The molecule has 20 heavy (non-hydrogen) atoms. The number of anilines is 1. The number of aromatic nitrogens is 2. The van der Waals surface area contributed by atoms with Crippen LogP contribution in [0, 0.1) is 10.1 Å². The molecule has 0 radical (unpaired) electrons. The molecule has 0 N–H and O–H groups in total. The average molecular weight is 321 g/mol. The summed E-state index contributed by atoms with van der Waals surface area (Å²) in [7, 11) is 1.69. The molecule has 1 aromatic rings. The molecule has 1 saturated heterocycles. The Bertz CT molecular complexity index is 529. The first-order chi connectivity index (χ1) is 9.38. The summed E-state index contributed by atoms with van der Waals surface area (Å²) in [6.45, 7) is 2.48. The van der Waals surface area contributed by atoms with Crippen molar-refractivity contribution in [2.75, 3.05) is 18.5 Å². The molecule has 1 aromatic heterocycles. The summed E-state index contributed by atoms with van der Waals surface area (Å²) in [6, 6.07) is 0. The van der Waals surface area contributed by atoms with Gasteiger partial charge in [0.1, 0.15) is 0 Å². The molecule has 7 nitrogen and oxygen atoms in total. The monoisotopic (exact) mass is 320 g/mol. The number of nitro groups is 1. The molecule has 110 valence electrons. The minimum absolute atomic E-state index is 0.0159. The van der Waals surface area contributed by atoms with Crippen molar-refractivity contribution in [2.24, 2.45) is 0 Å². The molecule has 0 aliphatic carbocycles. The summed E-state index contributed by atoms with van der Waals surface area (Å²) in [5.41, 5.74) is -0.343. The Labute approximate surface area is 126 Å². The zero-order chi connectivity index (χ0) is 14.9. The lowest BCUT2D eigenvalue weighted by atomic mass is 10.2. The molecule has 1 aliphatic rings. The Hall–Kier alpha value is -1.18. The van der Waals surface area contributed by atoms with Crippen molar-refractivity contribution < 1.29 is 9.66 Å². The van der Waals surface area contributed by atoms with Crippen molar-refractivity contribution in [3.8, 4) is 0 Å². The lowest BCUT2D eigenvalue weighted by Crippen LogP contribution is -2.30. The normalized spacial score (nSPS) is 22.0. The molecule has 2 unspecified atom stereocenters. The molecule has 0 spiro atoms. The van der Waals surface area contributed by atoms with E-state index in [0.717, 1.165) is 12.8 Å². The van der Waals surface area contributed by atoms with Crippen molar-refractivity contribution in [3.05, 3.63) is 20.6 Å². The largest absolute Gasteiger partial charge is 0.373 e. The van der Waals surface area contributed by atoms with E-state index in [1.54, 1.807) is 11.9 Å². The van der Waals surface area contributed by atoms with Gasteiger partial charge in [0.25, 0.3) is 0 Å². The number of nitrogens with zero attached hydrogens (tertiary/aromatic N) is 4. The lowest BCUT2D eigenvalue weighted by molar-refractivity contribution is -0.384. The van der Waals surface area contributed by atoms with Gasteiger partial charge in [0.2, 0.25) is 16.3 Å². The van der Waals surface area contributed by atoms with Gasteiger partial charge in [-0.15, -0.1) is 0 Å². The van der Waals surface area contributed by atoms with Gasteiger partial charge in [-0.3, -0.25) is 10.1 Å². The molecule has 0 amide bonds. The third-order valence-electron chi connectivity index (χ3n) is 3.14. The first kappa shape index (κ1) is 15.2. The fourth-order valence-electron chi connectivity index (χ4n) is 2.23. The van der Waals surface area contributed by atoms with Gasteiger partial charge in [-0.05, 0) is 31.4 Å². The first-order valence-electron chi connectivity index (χ1n) is 6.12. The minimum atomic E-state index is -0.609. The summed E-state index contributed by atoms with van der Waals surface area (Å²) in [4.78, 5) is 19.6. The average Bonchev–Trinajstić information content (AvgIpc) is 2.72. The molecular formula is C11H14Cl2N4O3. The zero-order valence-corrected chi connectivity index (χ0v) is 12.6. The highest BCUT2D eigenvalue weighted by atomic mass is 35.5. The van der Waals surface area contributed by atoms with Gasteiger partial charge in [-0.2, -0.15) is 9.97 Å². The van der Waals surface area contributed by atoms with Crippen molar-refractivity contribution >= 4 is 34.7 Å². The Balaban J connectivity index is 2.24. The van der Waals surface area contributed by atoms with E-state index in [0.29, 0.717) is 6.54 Å². The van der Waals surface area contributed by atoms with E-state index in [1.807, 2.05) is 6.92 Å². The van der Waals surface area contributed by atoms with Crippen LogP contribution >= 0.6 is 23.2 Å². The smallest absolute Gasteiger partial charge is 0.348 e. The molecule has 0 aromatic carbocycles. The van der Waals surface area contributed by atoms with Gasteiger partial charge in [0.15, 0.2) is 0 Å². The summed E-state index contributed by atoms with van der Waals surface area (Å²) in [6.07, 6.45) is 2.11. The summed E-state index contributed by atoms with van der Waals surface area (Å²) in [5, 5.41) is 10.7. The van der Waals surface area contributed by atoms with E-state index in [-0.39, 0.29) is 34.1 Å². The lowest BCUT2D eigenvalue weighted by Gasteiger charge is -2.22. The van der Waals surface area contributed by atoms with Crippen LogP contribution in [0.25, 0.3) is 0 Å². The maximum atomic E-state index is 11.1. The number of likely N-dealkylation sites (N-methyl/N-ethyl adjacent to an activating group) is 1. The van der Waals surface area contributed by atoms with Crippen LogP contribution in [0.1, 0.15) is 19.8 Å². The topological polar surface area (TPSA) is 81.4 Å². The van der Waals surface area contributed by atoms with Crippen molar-refractivity contribution in [2.45, 2.75) is 32.0 Å². The predicted molar refractivity (Wildman–Crippen MR) is 75.5 cm³/mol. The second kappa shape index (κ2) is 6.07. The zero-order valence-electron chi connectivity index (χ0n) is 11.0. The van der Waals surface area contributed by atoms with Gasteiger partial charge in [-0.25, -0.2) is 0 Å². The predicted octanol–water partition coefficient (Wildman–Crippen LogP) is 2.70. The molecule has 1 fully saturated rings. The molecule has 0 saturated carbocycles. The number of ether oxygens (including phenoxy) is 1. The third kappa shape index (κ3) is 3.28. The van der Waals surface area contributed by atoms with Crippen LogP contribution in [-0.2, 0) is 4.74 Å². The van der Waals surface area contributed by atoms with E-state index < -0.39 is 4.92 Å². The standard InChI is InChI=1S/C11H14Cl2N4O3/c1-6-3-4-7(20-6)5-16(2)10-8(17(18)19)9(12)14-11(13)15-10/h6-7H,3-5H2,1-2H3. The maximum Gasteiger partial charge on any atom is 0.348 e. The highest BCUT2D eigenvalue weighted by Crippen LogP contribution is 2.33. The van der Waals surface area contributed by atoms with E-state index in [4.69, 9.17) is 27.9 Å². The minimum Gasteiger partial charge on any atom is -0.373 e. The van der Waals surface area contributed by atoms with Gasteiger partial charge in [-0.1, -0.05) is 11.6 Å². The van der Waals surface area contributed by atoms with E-state index >= 15 is 0 Å². The molecule has 2 heterocycles. The van der Waals surface area contributed by atoms with E-state index in [9.17, 15) is 10.1 Å². The quantitative estimate of drug-likeness (QED) is 0.367. The van der Waals surface area contributed by atoms with Crippen molar-refractivity contribution in [1.29, 1.82) is 0 Å². The van der Waals surface area contributed by atoms with E-state index in [2.05, 4.69) is 9.97 Å². The third-order valence-corrected chi connectivity index (χ3v) is 3.57. The van der Waals surface area contributed by atoms with Gasteiger partial charge >= 0.3 is 5.69 Å². The van der Waals surface area contributed by atoms with Crippen molar-refractivity contribution in [1.82, 2.24) is 9.97 Å². The molecule has 0 bridgehead atoms. The summed E-state index contributed by atoms with van der Waals surface area (Å²) >= 11 is 11.5. The van der Waals surface area contributed by atoms with Gasteiger partial charge in [0.05, 0.1) is 17.1 Å². The summed E-state index contributed by atoms with van der Waals surface area (Å²) in [5.74, 6) is 0.100. The second-order valence-corrected chi connectivity index (χ2v) is 5.44. The number of hydrogen-bond acceptors (Lipinski definition) is 6. The van der Waals surface area contributed by atoms with Crippen LogP contribution in [0.15, 0.2) is 0 Å². The maximum absolute atomic E-state index is 11.1. The van der Waals surface area contributed by atoms with Gasteiger partial charge < -0.3 is 9.64 Å². The highest BCUT2D eigenvalue weighted by Gasteiger charge is 2.29. The number of hydrogen-bond donors (Lipinski definition) is 0. The van der Waals surface area contributed by atoms with Crippen molar-refractivity contribution in [3.63, 3.8) is 0 Å². The van der Waals surface area contributed by atoms with Crippen LogP contribution in [-0.4, -0.2) is 40.7 Å².